The number of esters is 1. The van der Waals surface area contributed by atoms with Crippen LogP contribution in [0.1, 0.15) is 31.3 Å². The Morgan fingerprint density at radius 1 is 1.23 bits per heavy atom. The number of benzene rings is 1. The minimum Gasteiger partial charge on any atom is -0.493 e. The summed E-state index contributed by atoms with van der Waals surface area (Å²) < 4.78 is 13.4. The fourth-order valence-corrected chi connectivity index (χ4v) is 2.50. The summed E-state index contributed by atoms with van der Waals surface area (Å²) in [7, 11) is 0. The van der Waals surface area contributed by atoms with Crippen molar-refractivity contribution < 1.29 is 14.3 Å². The number of carbonyl (C=O) groups is 1. The van der Waals surface area contributed by atoms with Crippen molar-refractivity contribution in [1.29, 1.82) is 0 Å². The zero-order valence-electron chi connectivity index (χ0n) is 12.9. The van der Waals surface area contributed by atoms with Crippen molar-refractivity contribution in [2.45, 2.75) is 27.3 Å². The Labute approximate surface area is 138 Å². The predicted octanol–water partition coefficient (Wildman–Crippen LogP) is 3.91. The van der Waals surface area contributed by atoms with E-state index in [1.165, 1.54) is 0 Å². The van der Waals surface area contributed by atoms with E-state index in [4.69, 9.17) is 9.47 Å². The molecule has 0 atom stereocenters. The van der Waals surface area contributed by atoms with Gasteiger partial charge in [0.25, 0.3) is 0 Å². The van der Waals surface area contributed by atoms with Gasteiger partial charge in [-0.2, -0.15) is 5.10 Å². The Kier molecular flexibility index (Phi) is 5.60. The molecule has 2 rings (SSSR count). The van der Waals surface area contributed by atoms with Crippen molar-refractivity contribution in [2.75, 3.05) is 13.2 Å². The first kappa shape index (κ1) is 16.5. The average Bonchev–Trinajstić information content (AvgIpc) is 2.92. The summed E-state index contributed by atoms with van der Waals surface area (Å²) in [6.07, 6.45) is 0. The molecule has 0 aliphatic rings. The second kappa shape index (κ2) is 7.45. The first-order valence-corrected chi connectivity index (χ1v) is 8.07. The van der Waals surface area contributed by atoms with Gasteiger partial charge in [0.2, 0.25) is 0 Å². The molecule has 0 fully saturated rings. The molecule has 0 bridgehead atoms. The summed E-state index contributed by atoms with van der Waals surface area (Å²) in [4.78, 5) is 11.9. The number of hydrogen-bond donors (Lipinski definition) is 0. The lowest BCUT2D eigenvalue weighted by Gasteiger charge is -2.11. The summed E-state index contributed by atoms with van der Waals surface area (Å²) >= 11 is 3.45. The third-order valence-corrected chi connectivity index (χ3v) is 3.58. The summed E-state index contributed by atoms with van der Waals surface area (Å²) in [5.41, 5.74) is 2.04. The van der Waals surface area contributed by atoms with Crippen molar-refractivity contribution in [2.24, 2.45) is 0 Å². The van der Waals surface area contributed by atoms with Crippen molar-refractivity contribution in [3.8, 4) is 17.0 Å². The van der Waals surface area contributed by atoms with Crippen LogP contribution in [-0.2, 0) is 11.3 Å². The van der Waals surface area contributed by atoms with Gasteiger partial charge in [0, 0.05) is 16.6 Å². The van der Waals surface area contributed by atoms with E-state index in [-0.39, 0.29) is 0 Å². The highest BCUT2D eigenvalue weighted by Crippen LogP contribution is 2.33. The van der Waals surface area contributed by atoms with Crippen LogP contribution in [-0.4, -0.2) is 29.0 Å². The van der Waals surface area contributed by atoms with Crippen LogP contribution in [0.2, 0.25) is 0 Å². The fourth-order valence-electron chi connectivity index (χ4n) is 2.16. The first-order valence-electron chi connectivity index (χ1n) is 7.28. The monoisotopic (exact) mass is 366 g/mol. The van der Waals surface area contributed by atoms with Gasteiger partial charge in [-0.25, -0.2) is 4.79 Å². The number of hydrogen-bond acceptors (Lipinski definition) is 4. The Balaban J connectivity index is 2.50. The molecule has 118 valence electrons. The number of aromatic nitrogens is 2. The molecule has 5 nitrogen and oxygen atoms in total. The minimum absolute atomic E-state index is 0.309. The lowest BCUT2D eigenvalue weighted by molar-refractivity contribution is 0.0518. The standard InChI is InChI=1S/C16H19BrN2O3/c1-4-19-14(10-13(18-19)16(20)22-6-3)12-8-7-11(17)9-15(12)21-5-2/h7-10H,4-6H2,1-3H3. The molecule has 2 aromatic rings. The van der Waals surface area contributed by atoms with Crippen LogP contribution in [0.3, 0.4) is 0 Å². The van der Waals surface area contributed by atoms with E-state index < -0.39 is 5.97 Å². The fraction of sp³-hybridized carbons (Fsp3) is 0.375. The van der Waals surface area contributed by atoms with Crippen LogP contribution in [0, 0.1) is 0 Å². The molecule has 1 heterocycles. The number of carbonyl (C=O) groups excluding carboxylic acids is 1. The van der Waals surface area contributed by atoms with E-state index in [0.717, 1.165) is 21.5 Å². The molecule has 0 spiro atoms. The van der Waals surface area contributed by atoms with Gasteiger partial charge in [-0.15, -0.1) is 0 Å². The van der Waals surface area contributed by atoms with E-state index in [0.29, 0.717) is 25.5 Å². The van der Waals surface area contributed by atoms with Gasteiger partial charge in [-0.1, -0.05) is 15.9 Å². The van der Waals surface area contributed by atoms with E-state index >= 15 is 0 Å². The minimum atomic E-state index is -0.411. The summed E-state index contributed by atoms with van der Waals surface area (Å²) in [6, 6.07) is 7.55. The highest BCUT2D eigenvalue weighted by Gasteiger charge is 2.18. The number of nitrogens with zero attached hydrogens (tertiary/aromatic N) is 2. The van der Waals surface area contributed by atoms with Crippen LogP contribution < -0.4 is 4.74 Å². The van der Waals surface area contributed by atoms with Crippen LogP contribution in [0.4, 0.5) is 0 Å². The zero-order valence-corrected chi connectivity index (χ0v) is 14.5. The topological polar surface area (TPSA) is 53.4 Å². The maximum atomic E-state index is 11.9. The molecule has 22 heavy (non-hydrogen) atoms. The van der Waals surface area contributed by atoms with E-state index in [1.54, 1.807) is 17.7 Å². The normalized spacial score (nSPS) is 10.5. The molecular weight excluding hydrogens is 348 g/mol. The van der Waals surface area contributed by atoms with Crippen molar-refractivity contribution in [1.82, 2.24) is 9.78 Å². The molecule has 1 aromatic heterocycles. The first-order chi connectivity index (χ1) is 10.6. The van der Waals surface area contributed by atoms with Crippen LogP contribution in [0.25, 0.3) is 11.3 Å². The summed E-state index contributed by atoms with van der Waals surface area (Å²) in [5.74, 6) is 0.341. The third kappa shape index (κ3) is 3.50. The third-order valence-electron chi connectivity index (χ3n) is 3.08. The highest BCUT2D eigenvalue weighted by molar-refractivity contribution is 9.10. The number of rotatable bonds is 6. The molecule has 0 unspecified atom stereocenters. The molecule has 1 aromatic carbocycles. The lowest BCUT2D eigenvalue weighted by Crippen LogP contribution is -2.07. The number of ether oxygens (including phenoxy) is 2. The van der Waals surface area contributed by atoms with Gasteiger partial charge in [0.05, 0.1) is 18.9 Å². The van der Waals surface area contributed by atoms with Gasteiger partial charge < -0.3 is 9.47 Å². The second-order valence-electron chi connectivity index (χ2n) is 4.52. The zero-order chi connectivity index (χ0) is 16.1. The van der Waals surface area contributed by atoms with E-state index in [1.807, 2.05) is 32.0 Å². The van der Waals surface area contributed by atoms with E-state index in [9.17, 15) is 4.79 Å². The maximum absolute atomic E-state index is 11.9. The highest BCUT2D eigenvalue weighted by atomic mass is 79.9. The summed E-state index contributed by atoms with van der Waals surface area (Å²) in [6.45, 7) is 7.23. The van der Waals surface area contributed by atoms with Crippen LogP contribution >= 0.6 is 15.9 Å². The van der Waals surface area contributed by atoms with Crippen molar-refractivity contribution in [3.63, 3.8) is 0 Å². The predicted molar refractivity (Wildman–Crippen MR) is 88.2 cm³/mol. The quantitative estimate of drug-likeness (QED) is 0.727. The molecular formula is C16H19BrN2O3. The van der Waals surface area contributed by atoms with Gasteiger partial charge in [-0.05, 0) is 45.0 Å². The maximum Gasteiger partial charge on any atom is 0.358 e. The molecule has 6 heteroatoms. The largest absolute Gasteiger partial charge is 0.493 e. The van der Waals surface area contributed by atoms with Crippen LogP contribution in [0.15, 0.2) is 28.7 Å². The molecule has 0 amide bonds. The molecule has 0 saturated heterocycles. The van der Waals surface area contributed by atoms with Gasteiger partial charge in [0.15, 0.2) is 5.69 Å². The van der Waals surface area contributed by atoms with Crippen molar-refractivity contribution in [3.05, 3.63) is 34.4 Å². The Bertz CT molecular complexity index is 667. The molecule has 0 aliphatic heterocycles. The van der Waals surface area contributed by atoms with Gasteiger partial charge >= 0.3 is 5.97 Å². The second-order valence-corrected chi connectivity index (χ2v) is 5.44. The van der Waals surface area contributed by atoms with E-state index in [2.05, 4.69) is 21.0 Å². The molecule has 0 saturated carbocycles. The van der Waals surface area contributed by atoms with Crippen LogP contribution in [0.5, 0.6) is 5.75 Å². The Hall–Kier alpha value is -1.82. The lowest BCUT2D eigenvalue weighted by atomic mass is 10.1. The Morgan fingerprint density at radius 2 is 2.00 bits per heavy atom. The van der Waals surface area contributed by atoms with Gasteiger partial charge in [-0.3, -0.25) is 4.68 Å². The SMILES string of the molecule is CCOC(=O)c1cc(-c2ccc(Br)cc2OCC)n(CC)n1. The number of halogens is 1. The van der Waals surface area contributed by atoms with Crippen molar-refractivity contribution >= 4 is 21.9 Å². The molecule has 0 radical (unpaired) electrons. The Morgan fingerprint density at radius 3 is 2.64 bits per heavy atom. The summed E-state index contributed by atoms with van der Waals surface area (Å²) in [5, 5.41) is 4.32. The molecule has 0 aliphatic carbocycles. The molecule has 0 N–H and O–H groups in total. The average molecular weight is 367 g/mol. The number of aryl methyl sites for hydroxylation is 1. The smallest absolute Gasteiger partial charge is 0.358 e. The van der Waals surface area contributed by atoms with Gasteiger partial charge in [0.1, 0.15) is 5.75 Å².